The van der Waals surface area contributed by atoms with E-state index in [2.05, 4.69) is 4.74 Å². The number of hydrogen-bond acceptors (Lipinski definition) is 2. The standard InChI is InChI=1S/C15H11F3N2O/c16-15(17,18)21-13-8-4-3-7-12(13)20-9-10-5-1-2-6-11(10)14(20)19/h1-8,19H,9H2. The summed E-state index contributed by atoms with van der Waals surface area (Å²) >= 11 is 0. The van der Waals surface area contributed by atoms with E-state index >= 15 is 0 Å². The Balaban J connectivity index is 1.98. The Morgan fingerprint density at radius 3 is 2.38 bits per heavy atom. The minimum Gasteiger partial charge on any atom is -0.404 e. The zero-order chi connectivity index (χ0) is 15.0. The molecule has 0 aliphatic carbocycles. The Labute approximate surface area is 119 Å². The number of ether oxygens (including phenoxy) is 1. The van der Waals surface area contributed by atoms with Crippen molar-refractivity contribution in [2.45, 2.75) is 12.9 Å². The van der Waals surface area contributed by atoms with Crippen molar-refractivity contribution in [2.75, 3.05) is 4.90 Å². The first-order chi connectivity index (χ1) is 9.96. The summed E-state index contributed by atoms with van der Waals surface area (Å²) in [6.45, 7) is 0.354. The number of nitrogens with one attached hydrogen (secondary N) is 1. The number of fused-ring (bicyclic) bond motifs is 1. The second-order valence-corrected chi connectivity index (χ2v) is 4.61. The van der Waals surface area contributed by atoms with Crippen LogP contribution in [0.5, 0.6) is 5.75 Å². The highest BCUT2D eigenvalue weighted by molar-refractivity contribution is 6.12. The molecule has 1 heterocycles. The molecular weight excluding hydrogens is 281 g/mol. The van der Waals surface area contributed by atoms with Gasteiger partial charge in [0.1, 0.15) is 5.84 Å². The van der Waals surface area contributed by atoms with Crippen molar-refractivity contribution in [3.63, 3.8) is 0 Å². The predicted molar refractivity (Wildman–Crippen MR) is 72.6 cm³/mol. The zero-order valence-electron chi connectivity index (χ0n) is 10.8. The van der Waals surface area contributed by atoms with Crippen LogP contribution in [0.15, 0.2) is 48.5 Å². The highest BCUT2D eigenvalue weighted by Gasteiger charge is 2.34. The molecule has 0 unspecified atom stereocenters. The van der Waals surface area contributed by atoms with Crippen molar-refractivity contribution >= 4 is 11.5 Å². The third-order valence-electron chi connectivity index (χ3n) is 3.25. The minimum atomic E-state index is -4.76. The average molecular weight is 292 g/mol. The maximum absolute atomic E-state index is 12.5. The predicted octanol–water partition coefficient (Wildman–Crippen LogP) is 3.93. The minimum absolute atomic E-state index is 0.170. The number of rotatable bonds is 2. The molecule has 1 aliphatic rings. The molecule has 0 bridgehead atoms. The molecule has 3 nitrogen and oxygen atoms in total. The average Bonchev–Trinajstić information content (AvgIpc) is 2.76. The Kier molecular flexibility index (Phi) is 3.08. The van der Waals surface area contributed by atoms with E-state index in [1.165, 1.54) is 23.1 Å². The van der Waals surface area contributed by atoms with Gasteiger partial charge in [-0.25, -0.2) is 0 Å². The van der Waals surface area contributed by atoms with Crippen molar-refractivity contribution in [3.8, 4) is 5.75 Å². The number of benzene rings is 2. The Bertz CT molecular complexity index is 697. The van der Waals surface area contributed by atoms with Crippen molar-refractivity contribution < 1.29 is 17.9 Å². The molecular formula is C15H11F3N2O. The maximum atomic E-state index is 12.5. The van der Waals surface area contributed by atoms with Gasteiger partial charge in [0.2, 0.25) is 0 Å². The molecule has 0 atom stereocenters. The van der Waals surface area contributed by atoms with Crippen LogP contribution in [0.1, 0.15) is 11.1 Å². The van der Waals surface area contributed by atoms with E-state index in [1.807, 2.05) is 12.1 Å². The lowest BCUT2D eigenvalue weighted by Gasteiger charge is -2.22. The summed E-state index contributed by atoms with van der Waals surface area (Å²) in [5, 5.41) is 8.14. The molecule has 0 saturated carbocycles. The van der Waals surface area contributed by atoms with Crippen LogP contribution in [0, 0.1) is 5.41 Å². The lowest BCUT2D eigenvalue weighted by atomic mass is 10.1. The van der Waals surface area contributed by atoms with Gasteiger partial charge in [-0.05, 0) is 17.7 Å². The number of anilines is 1. The van der Waals surface area contributed by atoms with Gasteiger partial charge < -0.3 is 9.64 Å². The molecule has 6 heteroatoms. The number of nitrogens with zero attached hydrogens (tertiary/aromatic N) is 1. The van der Waals surface area contributed by atoms with Gasteiger partial charge in [0.05, 0.1) is 12.2 Å². The quantitative estimate of drug-likeness (QED) is 0.910. The number of para-hydroxylation sites is 2. The van der Waals surface area contributed by atoms with Gasteiger partial charge in [0.15, 0.2) is 5.75 Å². The molecule has 1 N–H and O–H groups in total. The molecule has 0 fully saturated rings. The van der Waals surface area contributed by atoms with Crippen molar-refractivity contribution in [1.29, 1.82) is 5.41 Å². The van der Waals surface area contributed by atoms with E-state index in [-0.39, 0.29) is 17.3 Å². The number of halogens is 3. The van der Waals surface area contributed by atoms with Gasteiger partial charge in [-0.1, -0.05) is 36.4 Å². The molecule has 2 aromatic rings. The Morgan fingerprint density at radius 1 is 1.00 bits per heavy atom. The number of hydrogen-bond donors (Lipinski definition) is 1. The summed E-state index contributed by atoms with van der Waals surface area (Å²) in [4.78, 5) is 1.51. The van der Waals surface area contributed by atoms with Gasteiger partial charge in [-0.3, -0.25) is 5.41 Å². The van der Waals surface area contributed by atoms with Crippen LogP contribution >= 0.6 is 0 Å². The zero-order valence-corrected chi connectivity index (χ0v) is 10.8. The largest absolute Gasteiger partial charge is 0.573 e. The van der Waals surface area contributed by atoms with E-state index in [4.69, 9.17) is 5.41 Å². The second-order valence-electron chi connectivity index (χ2n) is 4.61. The molecule has 0 radical (unpaired) electrons. The Hall–Kier alpha value is -2.50. The monoisotopic (exact) mass is 292 g/mol. The smallest absolute Gasteiger partial charge is 0.404 e. The summed E-state index contributed by atoms with van der Waals surface area (Å²) in [7, 11) is 0. The van der Waals surface area contributed by atoms with Crippen LogP contribution in [0.25, 0.3) is 0 Å². The fourth-order valence-corrected chi connectivity index (χ4v) is 2.38. The lowest BCUT2D eigenvalue weighted by molar-refractivity contribution is -0.274. The van der Waals surface area contributed by atoms with Crippen LogP contribution in [-0.2, 0) is 6.54 Å². The van der Waals surface area contributed by atoms with Crippen LogP contribution in [0.2, 0.25) is 0 Å². The molecule has 3 rings (SSSR count). The number of amidine groups is 1. The lowest BCUT2D eigenvalue weighted by Crippen LogP contribution is -2.25. The molecule has 0 saturated heterocycles. The van der Waals surface area contributed by atoms with Crippen molar-refractivity contribution in [2.24, 2.45) is 0 Å². The van der Waals surface area contributed by atoms with Crippen molar-refractivity contribution in [1.82, 2.24) is 0 Å². The molecule has 2 aromatic carbocycles. The highest BCUT2D eigenvalue weighted by atomic mass is 19.4. The van der Waals surface area contributed by atoms with Crippen LogP contribution < -0.4 is 9.64 Å². The van der Waals surface area contributed by atoms with Gasteiger partial charge in [0.25, 0.3) is 0 Å². The van der Waals surface area contributed by atoms with E-state index in [1.54, 1.807) is 18.2 Å². The summed E-state index contributed by atoms with van der Waals surface area (Å²) < 4.78 is 41.5. The topological polar surface area (TPSA) is 36.3 Å². The van der Waals surface area contributed by atoms with Crippen LogP contribution in [-0.4, -0.2) is 12.2 Å². The molecule has 0 amide bonds. The summed E-state index contributed by atoms with van der Waals surface area (Å²) in [5.41, 5.74) is 1.86. The Morgan fingerprint density at radius 2 is 1.67 bits per heavy atom. The maximum Gasteiger partial charge on any atom is 0.573 e. The van der Waals surface area contributed by atoms with Crippen LogP contribution in [0.3, 0.4) is 0 Å². The SMILES string of the molecule is N=C1c2ccccc2CN1c1ccccc1OC(F)(F)F. The first-order valence-electron chi connectivity index (χ1n) is 6.25. The molecule has 21 heavy (non-hydrogen) atoms. The van der Waals surface area contributed by atoms with E-state index < -0.39 is 6.36 Å². The normalized spacial score (nSPS) is 14.2. The molecule has 108 valence electrons. The first-order valence-corrected chi connectivity index (χ1v) is 6.25. The second kappa shape index (κ2) is 4.80. The van der Waals surface area contributed by atoms with Crippen LogP contribution in [0.4, 0.5) is 18.9 Å². The van der Waals surface area contributed by atoms with Crippen molar-refractivity contribution in [3.05, 3.63) is 59.7 Å². The summed E-state index contributed by atoms with van der Waals surface area (Å²) in [5.74, 6) is -0.133. The van der Waals surface area contributed by atoms with Gasteiger partial charge in [0, 0.05) is 5.56 Å². The third-order valence-corrected chi connectivity index (χ3v) is 3.25. The van der Waals surface area contributed by atoms with E-state index in [9.17, 15) is 13.2 Å². The highest BCUT2D eigenvalue weighted by Crippen LogP contribution is 2.37. The fourth-order valence-electron chi connectivity index (χ4n) is 2.38. The molecule has 0 spiro atoms. The fraction of sp³-hybridized carbons (Fsp3) is 0.133. The number of alkyl halides is 3. The third kappa shape index (κ3) is 2.56. The van der Waals surface area contributed by atoms with Gasteiger partial charge >= 0.3 is 6.36 Å². The van der Waals surface area contributed by atoms with E-state index in [0.29, 0.717) is 6.54 Å². The first kappa shape index (κ1) is 13.5. The van der Waals surface area contributed by atoms with E-state index in [0.717, 1.165) is 11.1 Å². The molecule has 0 aromatic heterocycles. The summed E-state index contributed by atoms with van der Waals surface area (Å²) in [6, 6.07) is 13.1. The van der Waals surface area contributed by atoms with Gasteiger partial charge in [-0.2, -0.15) is 0 Å². The molecule has 1 aliphatic heterocycles. The van der Waals surface area contributed by atoms with Gasteiger partial charge in [-0.15, -0.1) is 13.2 Å². The summed E-state index contributed by atoms with van der Waals surface area (Å²) in [6.07, 6.45) is -4.76.